The lowest BCUT2D eigenvalue weighted by Crippen LogP contribution is -2.33. The maximum absolute atomic E-state index is 12.5. The quantitative estimate of drug-likeness (QED) is 0.878. The number of rotatable bonds is 6. The zero-order valence-electron chi connectivity index (χ0n) is 12.8. The highest BCUT2D eigenvalue weighted by molar-refractivity contribution is 7.88. The number of benzene rings is 1. The predicted octanol–water partition coefficient (Wildman–Crippen LogP) is 2.49. The second-order valence-electron chi connectivity index (χ2n) is 6.06. The average Bonchev–Trinajstić information content (AvgIpc) is 2.48. The van der Waals surface area contributed by atoms with Gasteiger partial charge in [-0.25, -0.2) is 12.7 Å². The van der Waals surface area contributed by atoms with Gasteiger partial charge >= 0.3 is 0 Å². The second kappa shape index (κ2) is 7.38. The topological polar surface area (TPSA) is 63.4 Å². The predicted molar refractivity (Wildman–Crippen MR) is 86.2 cm³/mol. The number of nitrogens with zero attached hydrogens (tertiary/aromatic N) is 1. The Bertz CT molecular complexity index is 551. The molecule has 1 aromatic rings. The number of sulfonamides is 1. The van der Waals surface area contributed by atoms with E-state index in [0.29, 0.717) is 19.0 Å². The maximum atomic E-state index is 12.5. The van der Waals surface area contributed by atoms with E-state index in [4.69, 9.17) is 5.73 Å². The van der Waals surface area contributed by atoms with Gasteiger partial charge in [-0.1, -0.05) is 43.5 Å². The first kappa shape index (κ1) is 16.5. The molecule has 4 nitrogen and oxygen atoms in total. The van der Waals surface area contributed by atoms with Gasteiger partial charge in [0.05, 0.1) is 5.75 Å². The minimum Gasteiger partial charge on any atom is -0.326 e. The average molecular weight is 310 g/mol. The Labute approximate surface area is 128 Å². The fraction of sp³-hybridized carbons (Fsp3) is 0.625. The van der Waals surface area contributed by atoms with Gasteiger partial charge in [-0.2, -0.15) is 0 Å². The van der Waals surface area contributed by atoms with Crippen molar-refractivity contribution in [3.05, 3.63) is 35.4 Å². The van der Waals surface area contributed by atoms with Gasteiger partial charge in [0.25, 0.3) is 0 Å². The molecule has 1 aliphatic rings. The molecule has 0 aliphatic heterocycles. The van der Waals surface area contributed by atoms with Crippen LogP contribution in [0.25, 0.3) is 0 Å². The molecule has 0 bridgehead atoms. The summed E-state index contributed by atoms with van der Waals surface area (Å²) in [5, 5.41) is 0. The van der Waals surface area contributed by atoms with E-state index in [9.17, 15) is 8.42 Å². The van der Waals surface area contributed by atoms with Gasteiger partial charge in [-0.15, -0.1) is 0 Å². The lowest BCUT2D eigenvalue weighted by Gasteiger charge is -2.26. The molecule has 0 atom stereocenters. The van der Waals surface area contributed by atoms with Gasteiger partial charge < -0.3 is 5.73 Å². The molecular weight excluding hydrogens is 284 g/mol. The van der Waals surface area contributed by atoms with Crippen LogP contribution in [0.2, 0.25) is 0 Å². The molecule has 0 saturated heterocycles. The fourth-order valence-corrected chi connectivity index (χ4v) is 4.27. The smallest absolute Gasteiger partial charge is 0.218 e. The largest absolute Gasteiger partial charge is 0.326 e. The molecule has 2 N–H and O–H groups in total. The van der Waals surface area contributed by atoms with Crippen molar-refractivity contribution >= 4 is 10.0 Å². The lowest BCUT2D eigenvalue weighted by atomic mass is 9.89. The molecule has 0 radical (unpaired) electrons. The molecule has 1 aliphatic carbocycles. The lowest BCUT2D eigenvalue weighted by molar-refractivity contribution is 0.300. The summed E-state index contributed by atoms with van der Waals surface area (Å²) in [5.74, 6) is 0.582. The zero-order chi connectivity index (χ0) is 15.3. The molecule has 0 spiro atoms. The first-order chi connectivity index (χ1) is 10.0. The van der Waals surface area contributed by atoms with E-state index in [0.717, 1.165) is 24.0 Å². The van der Waals surface area contributed by atoms with Crippen molar-refractivity contribution in [2.24, 2.45) is 11.7 Å². The van der Waals surface area contributed by atoms with Gasteiger partial charge in [0.2, 0.25) is 10.0 Å². The Morgan fingerprint density at radius 1 is 1.19 bits per heavy atom. The third-order valence-electron chi connectivity index (χ3n) is 4.29. The van der Waals surface area contributed by atoms with Crippen LogP contribution in [0.15, 0.2) is 24.3 Å². The summed E-state index contributed by atoms with van der Waals surface area (Å²) in [7, 11) is -1.54. The molecular formula is C16H26N2O2S. The van der Waals surface area contributed by atoms with E-state index in [-0.39, 0.29) is 5.75 Å². The summed E-state index contributed by atoms with van der Waals surface area (Å²) < 4.78 is 26.5. The molecule has 5 heteroatoms. The normalized spacial score (nSPS) is 17.3. The highest BCUT2D eigenvalue weighted by Gasteiger charge is 2.23. The Hall–Kier alpha value is -0.910. The van der Waals surface area contributed by atoms with Gasteiger partial charge in [0.15, 0.2) is 0 Å². The monoisotopic (exact) mass is 310 g/mol. The van der Waals surface area contributed by atoms with Crippen molar-refractivity contribution in [3.63, 3.8) is 0 Å². The zero-order valence-corrected chi connectivity index (χ0v) is 13.6. The highest BCUT2D eigenvalue weighted by atomic mass is 32.2. The van der Waals surface area contributed by atoms with Crippen LogP contribution < -0.4 is 5.73 Å². The summed E-state index contributed by atoms with van der Waals surface area (Å²) in [6.45, 7) is 1.09. The van der Waals surface area contributed by atoms with Crippen LogP contribution in [-0.4, -0.2) is 26.3 Å². The minimum atomic E-state index is -3.25. The van der Waals surface area contributed by atoms with E-state index in [1.807, 2.05) is 24.3 Å². The Kier molecular flexibility index (Phi) is 5.79. The van der Waals surface area contributed by atoms with Gasteiger partial charge in [0.1, 0.15) is 0 Å². The van der Waals surface area contributed by atoms with E-state index in [1.54, 1.807) is 7.05 Å². The van der Waals surface area contributed by atoms with E-state index in [1.165, 1.54) is 23.6 Å². The van der Waals surface area contributed by atoms with E-state index < -0.39 is 10.0 Å². The summed E-state index contributed by atoms with van der Waals surface area (Å²) in [4.78, 5) is 0. The SMILES string of the molecule is CN(CC1CCCCC1)S(=O)(=O)Cc1cccc(CN)c1. The van der Waals surface area contributed by atoms with Gasteiger partial charge in [-0.3, -0.25) is 0 Å². The Morgan fingerprint density at radius 2 is 1.86 bits per heavy atom. The first-order valence-electron chi connectivity index (χ1n) is 7.73. The molecule has 21 heavy (non-hydrogen) atoms. The summed E-state index contributed by atoms with van der Waals surface area (Å²) in [6.07, 6.45) is 6.07. The van der Waals surface area contributed by atoms with Crippen LogP contribution in [0.3, 0.4) is 0 Å². The maximum Gasteiger partial charge on any atom is 0.218 e. The molecule has 118 valence electrons. The number of hydrogen-bond acceptors (Lipinski definition) is 3. The van der Waals surface area contributed by atoms with Crippen molar-refractivity contribution in [3.8, 4) is 0 Å². The molecule has 0 unspecified atom stereocenters. The Balaban J connectivity index is 1.99. The molecule has 0 heterocycles. The summed E-state index contributed by atoms with van der Waals surface area (Å²) in [5.41, 5.74) is 7.39. The molecule has 2 rings (SSSR count). The third-order valence-corrected chi connectivity index (χ3v) is 6.09. The van der Waals surface area contributed by atoms with Crippen molar-refractivity contribution in [1.82, 2.24) is 4.31 Å². The van der Waals surface area contributed by atoms with Crippen LogP contribution in [0.5, 0.6) is 0 Å². The van der Waals surface area contributed by atoms with Crippen LogP contribution in [-0.2, 0) is 22.3 Å². The van der Waals surface area contributed by atoms with Crippen LogP contribution >= 0.6 is 0 Å². The summed E-state index contributed by atoms with van der Waals surface area (Å²) >= 11 is 0. The van der Waals surface area contributed by atoms with Gasteiger partial charge in [0, 0.05) is 20.1 Å². The van der Waals surface area contributed by atoms with E-state index in [2.05, 4.69) is 0 Å². The molecule has 1 saturated carbocycles. The van der Waals surface area contributed by atoms with Crippen molar-refractivity contribution in [2.45, 2.75) is 44.4 Å². The fourth-order valence-electron chi connectivity index (χ4n) is 3.01. The molecule has 1 fully saturated rings. The van der Waals surface area contributed by atoms with E-state index >= 15 is 0 Å². The first-order valence-corrected chi connectivity index (χ1v) is 9.34. The third kappa shape index (κ3) is 4.80. The molecule has 1 aromatic carbocycles. The van der Waals surface area contributed by atoms with Gasteiger partial charge in [-0.05, 0) is 29.9 Å². The summed E-state index contributed by atoms with van der Waals surface area (Å²) in [6, 6.07) is 7.52. The molecule has 0 amide bonds. The number of nitrogens with two attached hydrogens (primary N) is 1. The van der Waals surface area contributed by atoms with Crippen molar-refractivity contribution in [1.29, 1.82) is 0 Å². The standard InChI is InChI=1S/C16H26N2O2S/c1-18(12-14-6-3-2-4-7-14)21(19,20)13-16-9-5-8-15(10-16)11-17/h5,8-10,14H,2-4,6-7,11-13,17H2,1H3. The van der Waals surface area contributed by atoms with Crippen molar-refractivity contribution < 1.29 is 8.42 Å². The highest BCUT2D eigenvalue weighted by Crippen LogP contribution is 2.25. The van der Waals surface area contributed by atoms with Crippen LogP contribution in [0.4, 0.5) is 0 Å². The second-order valence-corrected chi connectivity index (χ2v) is 8.14. The molecule has 0 aromatic heterocycles. The Morgan fingerprint density at radius 3 is 2.52 bits per heavy atom. The number of hydrogen-bond donors (Lipinski definition) is 1. The van der Waals surface area contributed by atoms with Crippen LogP contribution in [0.1, 0.15) is 43.2 Å². The van der Waals surface area contributed by atoms with Crippen LogP contribution in [0, 0.1) is 5.92 Å². The minimum absolute atomic E-state index is 0.0596. The van der Waals surface area contributed by atoms with Crippen molar-refractivity contribution in [2.75, 3.05) is 13.6 Å².